The van der Waals surface area contributed by atoms with Gasteiger partial charge in [-0.15, -0.1) is 0 Å². The molecule has 0 saturated heterocycles. The molecule has 0 spiro atoms. The Labute approximate surface area is 73.5 Å². The highest BCUT2D eigenvalue weighted by Crippen LogP contribution is 2.12. The second-order valence-electron chi connectivity index (χ2n) is 2.42. The monoisotopic (exact) mass is 194 g/mol. The summed E-state index contributed by atoms with van der Waals surface area (Å²) in [7, 11) is 0. The Bertz CT molecular complexity index is 219. The molecule has 0 saturated carbocycles. The van der Waals surface area contributed by atoms with Crippen LogP contribution in [0.5, 0.6) is 0 Å². The third-order valence-electron chi connectivity index (χ3n) is 1.34. The van der Waals surface area contributed by atoms with Gasteiger partial charge < -0.3 is 5.32 Å². The number of rotatable bonds is 3. The number of carbonyl (C=O) groups is 1. The van der Waals surface area contributed by atoms with Gasteiger partial charge in [0.2, 0.25) is 5.91 Å². The molecule has 0 aliphatic heterocycles. The molecular formula is C7H9F3N2O. The van der Waals surface area contributed by atoms with E-state index >= 15 is 0 Å². The Morgan fingerprint density at radius 2 is 2.15 bits per heavy atom. The van der Waals surface area contributed by atoms with E-state index in [4.69, 9.17) is 5.26 Å². The van der Waals surface area contributed by atoms with Gasteiger partial charge in [0.15, 0.2) is 0 Å². The molecular weight excluding hydrogens is 185 g/mol. The minimum Gasteiger partial charge on any atom is -0.346 e. The van der Waals surface area contributed by atoms with Gasteiger partial charge in [-0.3, -0.25) is 4.79 Å². The Morgan fingerprint density at radius 1 is 1.62 bits per heavy atom. The number of nitrogens with one attached hydrogen (secondary N) is 1. The molecule has 0 aliphatic carbocycles. The van der Waals surface area contributed by atoms with E-state index in [0.717, 1.165) is 0 Å². The zero-order chi connectivity index (χ0) is 10.5. The third kappa shape index (κ3) is 5.06. The summed E-state index contributed by atoms with van der Waals surface area (Å²) < 4.78 is 34.8. The fourth-order valence-corrected chi connectivity index (χ4v) is 0.646. The molecule has 0 heterocycles. The van der Waals surface area contributed by atoms with Crippen molar-refractivity contribution in [3.05, 3.63) is 0 Å². The standard InChI is InChI=1S/C7H9F3N2O/c1-2-5(3-11)6(13)12-4-7(8,9)10/h5H,2,4H2,1H3,(H,12,13). The van der Waals surface area contributed by atoms with Crippen molar-refractivity contribution >= 4 is 5.91 Å². The lowest BCUT2D eigenvalue weighted by Crippen LogP contribution is -2.37. The van der Waals surface area contributed by atoms with Crippen LogP contribution < -0.4 is 5.32 Å². The molecule has 0 aromatic carbocycles. The SMILES string of the molecule is CCC(C#N)C(=O)NCC(F)(F)F. The summed E-state index contributed by atoms with van der Waals surface area (Å²) in [5.41, 5.74) is 0. The van der Waals surface area contributed by atoms with Crippen molar-refractivity contribution < 1.29 is 18.0 Å². The lowest BCUT2D eigenvalue weighted by molar-refractivity contribution is -0.139. The van der Waals surface area contributed by atoms with E-state index in [9.17, 15) is 18.0 Å². The predicted molar refractivity (Wildman–Crippen MR) is 38.5 cm³/mol. The Balaban J connectivity index is 3.96. The number of hydrogen-bond donors (Lipinski definition) is 1. The van der Waals surface area contributed by atoms with Crippen LogP contribution in [0.3, 0.4) is 0 Å². The number of nitriles is 1. The number of amides is 1. The number of alkyl halides is 3. The largest absolute Gasteiger partial charge is 0.405 e. The summed E-state index contributed by atoms with van der Waals surface area (Å²) in [5, 5.41) is 9.97. The van der Waals surface area contributed by atoms with Crippen molar-refractivity contribution in [2.75, 3.05) is 6.54 Å². The zero-order valence-electron chi connectivity index (χ0n) is 6.98. The number of halogens is 3. The highest BCUT2D eigenvalue weighted by Gasteiger charge is 2.29. The van der Waals surface area contributed by atoms with E-state index in [-0.39, 0.29) is 6.42 Å². The highest BCUT2D eigenvalue weighted by atomic mass is 19.4. The molecule has 0 aromatic rings. The number of hydrogen-bond acceptors (Lipinski definition) is 2. The second-order valence-corrected chi connectivity index (χ2v) is 2.42. The molecule has 3 nitrogen and oxygen atoms in total. The van der Waals surface area contributed by atoms with Gasteiger partial charge in [0.25, 0.3) is 0 Å². The summed E-state index contributed by atoms with van der Waals surface area (Å²) in [6.07, 6.45) is -4.22. The minimum atomic E-state index is -4.43. The van der Waals surface area contributed by atoms with Crippen LogP contribution in [0.4, 0.5) is 13.2 Å². The first kappa shape index (κ1) is 11.8. The highest BCUT2D eigenvalue weighted by molar-refractivity contribution is 5.80. The molecule has 6 heteroatoms. The van der Waals surface area contributed by atoms with E-state index in [0.29, 0.717) is 0 Å². The van der Waals surface area contributed by atoms with Gasteiger partial charge in [0.1, 0.15) is 12.5 Å². The van der Waals surface area contributed by atoms with Crippen LogP contribution in [0.15, 0.2) is 0 Å². The maximum atomic E-state index is 11.6. The maximum Gasteiger partial charge on any atom is 0.405 e. The second kappa shape index (κ2) is 4.70. The first-order valence-electron chi connectivity index (χ1n) is 3.64. The van der Waals surface area contributed by atoms with E-state index in [1.807, 2.05) is 0 Å². The van der Waals surface area contributed by atoms with E-state index in [1.54, 1.807) is 18.3 Å². The van der Waals surface area contributed by atoms with E-state index in [2.05, 4.69) is 0 Å². The predicted octanol–water partition coefficient (Wildman–Crippen LogP) is 1.21. The van der Waals surface area contributed by atoms with Crippen LogP contribution in [0.1, 0.15) is 13.3 Å². The van der Waals surface area contributed by atoms with Gasteiger partial charge in [-0.1, -0.05) is 6.92 Å². The average molecular weight is 194 g/mol. The zero-order valence-corrected chi connectivity index (χ0v) is 6.98. The topological polar surface area (TPSA) is 52.9 Å². The van der Waals surface area contributed by atoms with Crippen molar-refractivity contribution in [3.63, 3.8) is 0 Å². The fourth-order valence-electron chi connectivity index (χ4n) is 0.646. The van der Waals surface area contributed by atoms with Gasteiger partial charge in [-0.25, -0.2) is 0 Å². The van der Waals surface area contributed by atoms with Crippen LogP contribution >= 0.6 is 0 Å². The first-order valence-corrected chi connectivity index (χ1v) is 3.64. The molecule has 1 N–H and O–H groups in total. The Morgan fingerprint density at radius 3 is 2.46 bits per heavy atom. The van der Waals surface area contributed by atoms with E-state index < -0.39 is 24.5 Å². The Hall–Kier alpha value is -1.25. The van der Waals surface area contributed by atoms with Crippen molar-refractivity contribution in [2.24, 2.45) is 5.92 Å². The third-order valence-corrected chi connectivity index (χ3v) is 1.34. The maximum absolute atomic E-state index is 11.6. The summed E-state index contributed by atoms with van der Waals surface area (Å²) in [6.45, 7) is 0.172. The molecule has 74 valence electrons. The number of nitrogens with zero attached hydrogens (tertiary/aromatic N) is 1. The molecule has 0 bridgehead atoms. The van der Waals surface area contributed by atoms with Crippen LogP contribution in [0, 0.1) is 17.2 Å². The molecule has 0 aromatic heterocycles. The molecule has 0 aliphatic rings. The van der Waals surface area contributed by atoms with Crippen molar-refractivity contribution in [1.29, 1.82) is 5.26 Å². The van der Waals surface area contributed by atoms with Crippen molar-refractivity contribution in [1.82, 2.24) is 5.32 Å². The lowest BCUT2D eigenvalue weighted by Gasteiger charge is -2.09. The van der Waals surface area contributed by atoms with Crippen LogP contribution in [0.2, 0.25) is 0 Å². The summed E-state index contributed by atoms with van der Waals surface area (Å²) in [4.78, 5) is 10.8. The normalized spacial score (nSPS) is 13.2. The average Bonchev–Trinajstić information content (AvgIpc) is 2.02. The minimum absolute atomic E-state index is 0.209. The molecule has 1 atom stereocenters. The molecule has 0 rings (SSSR count). The van der Waals surface area contributed by atoms with Crippen molar-refractivity contribution in [3.8, 4) is 6.07 Å². The first-order chi connectivity index (χ1) is 5.90. The number of carbonyl (C=O) groups excluding carboxylic acids is 1. The van der Waals surface area contributed by atoms with Crippen LogP contribution in [-0.4, -0.2) is 18.6 Å². The van der Waals surface area contributed by atoms with Gasteiger partial charge in [0.05, 0.1) is 6.07 Å². The van der Waals surface area contributed by atoms with Crippen LogP contribution in [-0.2, 0) is 4.79 Å². The van der Waals surface area contributed by atoms with Crippen LogP contribution in [0.25, 0.3) is 0 Å². The summed E-state index contributed by atoms with van der Waals surface area (Å²) >= 11 is 0. The summed E-state index contributed by atoms with van der Waals surface area (Å²) in [6, 6.07) is 1.61. The Kier molecular flexibility index (Phi) is 4.25. The van der Waals surface area contributed by atoms with Crippen molar-refractivity contribution in [2.45, 2.75) is 19.5 Å². The van der Waals surface area contributed by atoms with Gasteiger partial charge in [-0.05, 0) is 6.42 Å². The quantitative estimate of drug-likeness (QED) is 0.734. The molecule has 1 unspecified atom stereocenters. The molecule has 0 fully saturated rings. The van der Waals surface area contributed by atoms with Gasteiger partial charge in [0, 0.05) is 0 Å². The summed E-state index contributed by atoms with van der Waals surface area (Å²) in [5.74, 6) is -1.87. The molecule has 1 amide bonds. The van der Waals surface area contributed by atoms with E-state index in [1.165, 1.54) is 0 Å². The fraction of sp³-hybridized carbons (Fsp3) is 0.714. The van der Waals surface area contributed by atoms with Gasteiger partial charge >= 0.3 is 6.18 Å². The smallest absolute Gasteiger partial charge is 0.346 e. The van der Waals surface area contributed by atoms with Gasteiger partial charge in [-0.2, -0.15) is 18.4 Å². The molecule has 0 radical (unpaired) electrons. The lowest BCUT2D eigenvalue weighted by atomic mass is 10.1. The molecule has 13 heavy (non-hydrogen) atoms.